The van der Waals surface area contributed by atoms with E-state index in [1.807, 2.05) is 6.07 Å². The van der Waals surface area contributed by atoms with Crippen molar-refractivity contribution in [3.05, 3.63) is 205 Å². The lowest BCUT2D eigenvalue weighted by Crippen LogP contribution is -2.15. The molecule has 0 amide bonds. The van der Waals surface area contributed by atoms with Crippen molar-refractivity contribution >= 4 is 16.5 Å². The summed E-state index contributed by atoms with van der Waals surface area (Å²) in [6.45, 7) is 4.67. The summed E-state index contributed by atoms with van der Waals surface area (Å²) in [6.07, 6.45) is 7.74. The van der Waals surface area contributed by atoms with Gasteiger partial charge in [-0.2, -0.15) is 0 Å². The van der Waals surface area contributed by atoms with Crippen LogP contribution in [0.25, 0.3) is 72.5 Å². The molecule has 8 aromatic rings. The van der Waals surface area contributed by atoms with Crippen LogP contribution in [0.15, 0.2) is 182 Å². The number of pyridine rings is 1. The number of fused-ring (bicyclic) bond motifs is 4. The van der Waals surface area contributed by atoms with Gasteiger partial charge in [0, 0.05) is 39.0 Å². The highest BCUT2D eigenvalue weighted by Crippen LogP contribution is 2.50. The molecule has 0 radical (unpaired) electrons. The van der Waals surface area contributed by atoms with Crippen molar-refractivity contribution in [3.8, 4) is 56.0 Å². The molecular weight excluding hydrogens is 667 g/mol. The fourth-order valence-electron chi connectivity index (χ4n) is 8.53. The molecule has 0 bridgehead atoms. The van der Waals surface area contributed by atoms with E-state index in [1.54, 1.807) is 0 Å². The largest absolute Gasteiger partial charge is 0.248 e. The predicted molar refractivity (Wildman–Crippen MR) is 228 cm³/mol. The molecule has 0 spiro atoms. The molecule has 3 heteroatoms. The summed E-state index contributed by atoms with van der Waals surface area (Å²) in [6, 6.07) is 58.2. The molecule has 6 aromatic carbocycles. The SMILES string of the molecule is CC1(C)c2ccccc2-c2cc3c(C4C=C(c5nc(-c6ccccc6)cc(-c6cccc(-c7ccccc7)c6)n5)C=CC4)cc(-c4ccccc4)nc3cc21. The maximum atomic E-state index is 5.34. The van der Waals surface area contributed by atoms with E-state index in [0.717, 1.165) is 62.7 Å². The molecular formula is C52H39N3. The average Bonchev–Trinajstić information content (AvgIpc) is 3.48. The zero-order valence-corrected chi connectivity index (χ0v) is 30.9. The average molecular weight is 706 g/mol. The molecule has 1 atom stereocenters. The van der Waals surface area contributed by atoms with Crippen molar-refractivity contribution in [2.75, 3.05) is 0 Å². The minimum Gasteiger partial charge on any atom is -0.248 e. The first-order valence-electron chi connectivity index (χ1n) is 19.1. The van der Waals surface area contributed by atoms with E-state index in [1.165, 1.54) is 38.8 Å². The van der Waals surface area contributed by atoms with Crippen LogP contribution in [-0.2, 0) is 5.41 Å². The standard InChI is InChI=1S/C52H39N3/c1-52(2)45-27-13-12-26-41(45)43-30-44-42(31-47(35-18-8-4-9-19-35)53-50(44)32-46(43)52)38-23-15-25-40(29-38)51-54-48(36-20-10-5-11-21-36)33-49(55-51)39-24-14-22-37(28-39)34-16-6-3-7-17-34/h3-22,24-33,38H,23H2,1-2H3. The van der Waals surface area contributed by atoms with Crippen LogP contribution in [0.1, 0.15) is 48.7 Å². The summed E-state index contributed by atoms with van der Waals surface area (Å²) in [7, 11) is 0. The lowest BCUT2D eigenvalue weighted by molar-refractivity contribution is 0.661. The van der Waals surface area contributed by atoms with Crippen molar-refractivity contribution in [2.45, 2.75) is 31.6 Å². The summed E-state index contributed by atoms with van der Waals surface area (Å²) in [5.74, 6) is 0.824. The van der Waals surface area contributed by atoms with E-state index in [2.05, 4.69) is 190 Å². The fraction of sp³-hybridized carbons (Fsp3) is 0.0962. The van der Waals surface area contributed by atoms with Gasteiger partial charge in [-0.25, -0.2) is 15.0 Å². The van der Waals surface area contributed by atoms with Gasteiger partial charge in [0.25, 0.3) is 0 Å². The van der Waals surface area contributed by atoms with Crippen LogP contribution in [0.3, 0.4) is 0 Å². The molecule has 0 N–H and O–H groups in total. The molecule has 2 aliphatic carbocycles. The molecule has 0 saturated carbocycles. The number of hydrogen-bond donors (Lipinski definition) is 0. The number of benzene rings is 6. The van der Waals surface area contributed by atoms with Crippen LogP contribution in [0.4, 0.5) is 0 Å². The van der Waals surface area contributed by atoms with Gasteiger partial charge in [0.15, 0.2) is 5.82 Å². The van der Waals surface area contributed by atoms with Crippen LogP contribution in [0, 0.1) is 0 Å². The summed E-state index contributed by atoms with van der Waals surface area (Å²) >= 11 is 0. The van der Waals surface area contributed by atoms with Crippen LogP contribution < -0.4 is 0 Å². The second-order valence-corrected chi connectivity index (χ2v) is 15.2. The van der Waals surface area contributed by atoms with E-state index in [9.17, 15) is 0 Å². The molecule has 2 aromatic heterocycles. The van der Waals surface area contributed by atoms with E-state index in [0.29, 0.717) is 0 Å². The van der Waals surface area contributed by atoms with E-state index < -0.39 is 0 Å². The summed E-state index contributed by atoms with van der Waals surface area (Å²) in [4.78, 5) is 15.9. The Labute approximate surface area is 322 Å². The van der Waals surface area contributed by atoms with E-state index >= 15 is 0 Å². The van der Waals surface area contributed by atoms with Gasteiger partial charge < -0.3 is 0 Å². The smallest absolute Gasteiger partial charge is 0.160 e. The van der Waals surface area contributed by atoms with Crippen molar-refractivity contribution in [1.29, 1.82) is 0 Å². The van der Waals surface area contributed by atoms with Gasteiger partial charge in [-0.15, -0.1) is 0 Å². The Morgan fingerprint density at radius 1 is 0.491 bits per heavy atom. The first-order chi connectivity index (χ1) is 27.0. The highest BCUT2D eigenvalue weighted by atomic mass is 14.9. The third-order valence-corrected chi connectivity index (χ3v) is 11.4. The molecule has 262 valence electrons. The Balaban J connectivity index is 1.14. The highest BCUT2D eigenvalue weighted by molar-refractivity contribution is 5.95. The molecule has 3 nitrogen and oxygen atoms in total. The van der Waals surface area contributed by atoms with Gasteiger partial charge in [-0.1, -0.05) is 166 Å². The highest BCUT2D eigenvalue weighted by Gasteiger charge is 2.36. The Kier molecular flexibility index (Phi) is 7.96. The van der Waals surface area contributed by atoms with Gasteiger partial charge in [0.1, 0.15) is 0 Å². The molecule has 10 rings (SSSR count). The Morgan fingerprint density at radius 3 is 1.82 bits per heavy atom. The van der Waals surface area contributed by atoms with Gasteiger partial charge in [-0.3, -0.25) is 0 Å². The molecule has 1 unspecified atom stereocenters. The van der Waals surface area contributed by atoms with Crippen LogP contribution in [-0.4, -0.2) is 15.0 Å². The first kappa shape index (κ1) is 32.9. The molecule has 55 heavy (non-hydrogen) atoms. The fourth-order valence-corrected chi connectivity index (χ4v) is 8.53. The number of nitrogens with zero attached hydrogens (tertiary/aromatic N) is 3. The minimum absolute atomic E-state index is 0.101. The number of aromatic nitrogens is 3. The molecule has 2 aliphatic rings. The maximum Gasteiger partial charge on any atom is 0.160 e. The Hall–Kier alpha value is -6.71. The van der Waals surface area contributed by atoms with Gasteiger partial charge in [0.2, 0.25) is 0 Å². The number of rotatable bonds is 6. The maximum absolute atomic E-state index is 5.34. The summed E-state index contributed by atoms with van der Waals surface area (Å²) in [5, 5.41) is 1.19. The third kappa shape index (κ3) is 5.89. The van der Waals surface area contributed by atoms with Crippen molar-refractivity contribution in [3.63, 3.8) is 0 Å². The van der Waals surface area contributed by atoms with Crippen LogP contribution in [0.5, 0.6) is 0 Å². The Bertz CT molecular complexity index is 2800. The summed E-state index contributed by atoms with van der Waals surface area (Å²) < 4.78 is 0. The second-order valence-electron chi connectivity index (χ2n) is 15.2. The monoisotopic (exact) mass is 705 g/mol. The van der Waals surface area contributed by atoms with Gasteiger partial charge in [0.05, 0.1) is 22.6 Å². The van der Waals surface area contributed by atoms with Crippen molar-refractivity contribution < 1.29 is 0 Å². The number of hydrogen-bond acceptors (Lipinski definition) is 3. The Morgan fingerprint density at radius 2 is 1.09 bits per heavy atom. The first-order valence-corrected chi connectivity index (χ1v) is 19.1. The van der Waals surface area contributed by atoms with Gasteiger partial charge >= 0.3 is 0 Å². The molecule has 0 saturated heterocycles. The van der Waals surface area contributed by atoms with Crippen LogP contribution >= 0.6 is 0 Å². The predicted octanol–water partition coefficient (Wildman–Crippen LogP) is 13.1. The zero-order chi connectivity index (χ0) is 36.9. The summed E-state index contributed by atoms with van der Waals surface area (Å²) in [5.41, 5.74) is 16.9. The molecule has 0 aliphatic heterocycles. The van der Waals surface area contributed by atoms with Crippen molar-refractivity contribution in [1.82, 2.24) is 15.0 Å². The normalized spacial score (nSPS) is 15.4. The zero-order valence-electron chi connectivity index (χ0n) is 30.9. The molecule has 2 heterocycles. The lowest BCUT2D eigenvalue weighted by Gasteiger charge is -2.23. The van der Waals surface area contributed by atoms with Gasteiger partial charge in [-0.05, 0) is 75.7 Å². The van der Waals surface area contributed by atoms with E-state index in [-0.39, 0.29) is 11.3 Å². The second kappa shape index (κ2) is 13.3. The third-order valence-electron chi connectivity index (χ3n) is 11.4. The quantitative estimate of drug-likeness (QED) is 0.173. The topological polar surface area (TPSA) is 38.7 Å². The van der Waals surface area contributed by atoms with Crippen molar-refractivity contribution in [2.24, 2.45) is 0 Å². The number of allylic oxidation sites excluding steroid dienone is 4. The lowest BCUT2D eigenvalue weighted by atomic mass is 9.81. The molecule has 0 fully saturated rings. The van der Waals surface area contributed by atoms with Crippen LogP contribution in [0.2, 0.25) is 0 Å². The minimum atomic E-state index is -0.106. The van der Waals surface area contributed by atoms with E-state index in [4.69, 9.17) is 15.0 Å².